The second-order valence-electron chi connectivity index (χ2n) is 10.4. The highest BCUT2D eigenvalue weighted by atomic mass is 32.2. The molecule has 2 aliphatic heterocycles. The molecule has 4 heterocycles. The van der Waals surface area contributed by atoms with Crippen LogP contribution in [0.2, 0.25) is 0 Å². The van der Waals surface area contributed by atoms with E-state index in [1.807, 2.05) is 35.3 Å². The number of aromatic nitrogens is 2. The number of nitrogens with zero attached hydrogens (tertiary/aromatic N) is 5. The van der Waals surface area contributed by atoms with Gasteiger partial charge in [-0.1, -0.05) is 18.2 Å². The van der Waals surface area contributed by atoms with Crippen LogP contribution in [0.15, 0.2) is 21.4 Å². The summed E-state index contributed by atoms with van der Waals surface area (Å²) in [6.45, 7) is 4.49. The van der Waals surface area contributed by atoms with E-state index in [0.29, 0.717) is 34.9 Å². The number of rotatable bonds is 7. The second kappa shape index (κ2) is 10.8. The molecule has 2 aromatic rings. The van der Waals surface area contributed by atoms with Crippen LogP contribution in [0.3, 0.4) is 0 Å². The minimum atomic E-state index is -0.934. The lowest BCUT2D eigenvalue weighted by Crippen LogP contribution is -2.66. The average molecular weight is 533 g/mol. The first-order valence-electron chi connectivity index (χ1n) is 13.0. The molecule has 2 amide bonds. The van der Waals surface area contributed by atoms with Gasteiger partial charge >= 0.3 is 0 Å². The molecule has 1 aliphatic carbocycles. The quantitative estimate of drug-likeness (QED) is 0.544. The Labute approximate surface area is 220 Å². The van der Waals surface area contributed by atoms with Crippen molar-refractivity contribution < 1.29 is 9.59 Å². The summed E-state index contributed by atoms with van der Waals surface area (Å²) in [6.07, 6.45) is 5.89. The van der Waals surface area contributed by atoms with Gasteiger partial charge in [0, 0.05) is 31.4 Å². The summed E-state index contributed by atoms with van der Waals surface area (Å²) in [5.41, 5.74) is -0.434. The lowest BCUT2D eigenvalue weighted by atomic mass is 9.92. The number of likely N-dealkylation sites (tertiary alicyclic amines) is 1. The first-order chi connectivity index (χ1) is 17.4. The summed E-state index contributed by atoms with van der Waals surface area (Å²) in [5, 5.41) is 5.41. The van der Waals surface area contributed by atoms with Crippen LogP contribution < -0.4 is 10.9 Å². The fraction of sp³-hybridized carbons (Fsp3) is 0.680. The van der Waals surface area contributed by atoms with Crippen LogP contribution in [0.1, 0.15) is 38.5 Å². The Balaban J connectivity index is 1.52. The van der Waals surface area contributed by atoms with Gasteiger partial charge in [-0.25, -0.2) is 4.98 Å². The number of carbonyl (C=O) groups excluding carboxylic acids is 2. The molecule has 2 fully saturated rings. The van der Waals surface area contributed by atoms with E-state index in [4.69, 9.17) is 4.98 Å². The molecular formula is C25H36N6O3S2. The fourth-order valence-electron chi connectivity index (χ4n) is 5.82. The first-order valence-corrected chi connectivity index (χ1v) is 14.8. The molecular weight excluding hydrogens is 496 g/mol. The molecule has 1 N–H and O–H groups in total. The number of fused-ring (bicyclic) bond motifs is 3. The molecule has 36 heavy (non-hydrogen) atoms. The van der Waals surface area contributed by atoms with Crippen molar-refractivity contribution in [2.45, 2.75) is 61.0 Å². The zero-order valence-corrected chi connectivity index (χ0v) is 22.8. The third-order valence-corrected chi connectivity index (χ3v) is 10.1. The molecule has 2 unspecified atom stereocenters. The average Bonchev–Trinajstić information content (AvgIpc) is 3.49. The van der Waals surface area contributed by atoms with E-state index < -0.39 is 5.54 Å². The summed E-state index contributed by atoms with van der Waals surface area (Å²) >= 11 is 2.87. The fourth-order valence-corrected chi connectivity index (χ4v) is 8.11. The molecule has 2 aromatic heterocycles. The maximum Gasteiger partial charge on any atom is 0.272 e. The van der Waals surface area contributed by atoms with Crippen molar-refractivity contribution in [2.24, 2.45) is 0 Å². The summed E-state index contributed by atoms with van der Waals surface area (Å²) in [5.74, 6) is -0.234. The van der Waals surface area contributed by atoms with Crippen LogP contribution in [0.5, 0.6) is 0 Å². The van der Waals surface area contributed by atoms with Gasteiger partial charge < -0.3 is 20.0 Å². The van der Waals surface area contributed by atoms with Gasteiger partial charge in [0.15, 0.2) is 5.16 Å². The van der Waals surface area contributed by atoms with Gasteiger partial charge in [0.2, 0.25) is 11.8 Å². The molecule has 5 rings (SSSR count). The minimum absolute atomic E-state index is 0.0706. The van der Waals surface area contributed by atoms with Crippen LogP contribution in [0.25, 0.3) is 10.2 Å². The largest absolute Gasteiger partial charge is 0.353 e. The van der Waals surface area contributed by atoms with Crippen molar-refractivity contribution in [3.8, 4) is 0 Å². The van der Waals surface area contributed by atoms with Gasteiger partial charge in [0.1, 0.15) is 16.8 Å². The molecule has 0 bridgehead atoms. The highest BCUT2D eigenvalue weighted by molar-refractivity contribution is 7.99. The number of thiophene rings is 1. The number of carbonyl (C=O) groups is 2. The first kappa shape index (κ1) is 25.7. The Morgan fingerprint density at radius 3 is 2.78 bits per heavy atom. The van der Waals surface area contributed by atoms with Crippen molar-refractivity contribution in [2.75, 3.05) is 53.4 Å². The Bertz CT molecular complexity index is 1170. The molecule has 11 heteroatoms. The molecule has 9 nitrogen and oxygen atoms in total. The minimum Gasteiger partial charge on any atom is -0.353 e. The molecule has 0 spiro atoms. The molecule has 2 atom stereocenters. The van der Waals surface area contributed by atoms with Crippen LogP contribution in [-0.2, 0) is 16.1 Å². The van der Waals surface area contributed by atoms with E-state index >= 15 is 0 Å². The van der Waals surface area contributed by atoms with Crippen molar-refractivity contribution >= 4 is 45.1 Å². The molecule has 0 radical (unpaired) electrons. The van der Waals surface area contributed by atoms with E-state index in [0.717, 1.165) is 39.0 Å². The zero-order chi connectivity index (χ0) is 25.3. The molecule has 1 saturated heterocycles. The zero-order valence-electron chi connectivity index (χ0n) is 21.2. The highest BCUT2D eigenvalue weighted by Crippen LogP contribution is 2.46. The van der Waals surface area contributed by atoms with E-state index in [2.05, 4.69) is 10.2 Å². The maximum atomic E-state index is 14.0. The normalized spacial score (nSPS) is 25.0. The predicted molar refractivity (Wildman–Crippen MR) is 144 cm³/mol. The monoisotopic (exact) mass is 532 g/mol. The molecule has 1 saturated carbocycles. The third-order valence-electron chi connectivity index (χ3n) is 7.74. The second-order valence-corrected chi connectivity index (χ2v) is 12.4. The van der Waals surface area contributed by atoms with Gasteiger partial charge in [0.25, 0.3) is 5.56 Å². The Morgan fingerprint density at radius 2 is 2.00 bits per heavy atom. The van der Waals surface area contributed by atoms with Crippen molar-refractivity contribution in [1.29, 1.82) is 0 Å². The van der Waals surface area contributed by atoms with E-state index in [9.17, 15) is 14.4 Å². The molecule has 0 aromatic carbocycles. The van der Waals surface area contributed by atoms with Crippen LogP contribution in [0, 0.1) is 0 Å². The lowest BCUT2D eigenvalue weighted by molar-refractivity contribution is -0.148. The van der Waals surface area contributed by atoms with Crippen LogP contribution >= 0.6 is 23.1 Å². The number of thioether (sulfide) groups is 1. The van der Waals surface area contributed by atoms with Gasteiger partial charge in [-0.2, -0.15) is 0 Å². The summed E-state index contributed by atoms with van der Waals surface area (Å²) in [4.78, 5) is 52.3. The van der Waals surface area contributed by atoms with Crippen molar-refractivity contribution in [1.82, 2.24) is 29.6 Å². The lowest BCUT2D eigenvalue weighted by Gasteiger charge is -2.46. The van der Waals surface area contributed by atoms with Crippen LogP contribution in [0.4, 0.5) is 0 Å². The SMILES string of the molecule is CN(C)CCNC(=O)C12CCCC1Sc1nc3ccsc3c(=O)n1CC(=O)N2CCN1CCCCC1. The predicted octanol–water partition coefficient (Wildman–Crippen LogP) is 1.85. The number of hydrogen-bond acceptors (Lipinski definition) is 8. The van der Waals surface area contributed by atoms with Gasteiger partial charge in [0.05, 0.1) is 5.52 Å². The molecule has 196 valence electrons. The van der Waals surface area contributed by atoms with E-state index in [1.165, 1.54) is 46.9 Å². The van der Waals surface area contributed by atoms with Gasteiger partial charge in [-0.3, -0.25) is 19.0 Å². The Morgan fingerprint density at radius 1 is 1.19 bits per heavy atom. The number of nitrogens with one attached hydrogen (secondary N) is 1. The van der Waals surface area contributed by atoms with E-state index in [1.54, 1.807) is 0 Å². The molecule has 3 aliphatic rings. The Hall–Kier alpha value is -1.95. The van der Waals surface area contributed by atoms with Gasteiger partial charge in [-0.05, 0) is 70.7 Å². The summed E-state index contributed by atoms with van der Waals surface area (Å²) in [7, 11) is 3.96. The Kier molecular flexibility index (Phi) is 7.71. The standard InChI is InChI=1S/C25H36N6O3S2/c1-28(2)13-10-26-23(34)25-9-6-7-19(25)36-24-27-18-8-16-35-21(18)22(33)30(24)17-20(32)31(25)15-14-29-11-4-3-5-12-29/h8,16,19H,3-7,9-15,17H2,1-2H3,(H,26,34). The smallest absolute Gasteiger partial charge is 0.272 e. The van der Waals surface area contributed by atoms with E-state index in [-0.39, 0.29) is 29.2 Å². The highest BCUT2D eigenvalue weighted by Gasteiger charge is 2.56. The topological polar surface area (TPSA) is 90.8 Å². The van der Waals surface area contributed by atoms with Gasteiger partial charge in [-0.15, -0.1) is 11.3 Å². The number of piperidine rings is 1. The number of likely N-dealkylation sites (N-methyl/N-ethyl adjacent to an activating group) is 1. The van der Waals surface area contributed by atoms with Crippen LogP contribution in [-0.4, -0.2) is 100 Å². The summed E-state index contributed by atoms with van der Waals surface area (Å²) < 4.78 is 2.11. The summed E-state index contributed by atoms with van der Waals surface area (Å²) in [6, 6.07) is 1.85. The maximum absolute atomic E-state index is 14.0. The number of amides is 2. The van der Waals surface area contributed by atoms with Crippen molar-refractivity contribution in [3.05, 3.63) is 21.8 Å². The van der Waals surface area contributed by atoms with Crippen molar-refractivity contribution in [3.63, 3.8) is 0 Å². The third kappa shape index (κ3) is 4.82. The number of hydrogen-bond donors (Lipinski definition) is 1.